The summed E-state index contributed by atoms with van der Waals surface area (Å²) in [5.74, 6) is 0.783. The number of nitrogens with zero attached hydrogens (tertiary/aromatic N) is 7. The number of likely N-dealkylation sites (N-methyl/N-ethyl adjacent to an activating group) is 1. The second-order valence-corrected chi connectivity index (χ2v) is 9.96. The quantitative estimate of drug-likeness (QED) is 0.541. The molecular weight excluding hydrogens is 446 g/mol. The molecule has 1 aliphatic rings. The van der Waals surface area contributed by atoms with Gasteiger partial charge < -0.3 is 14.9 Å². The summed E-state index contributed by atoms with van der Waals surface area (Å²) in [6, 6.07) is 6.53. The first-order valence-electron chi connectivity index (χ1n) is 10.7. The first-order valence-corrected chi connectivity index (χ1v) is 12.6. The van der Waals surface area contributed by atoms with Gasteiger partial charge in [-0.15, -0.1) is 0 Å². The summed E-state index contributed by atoms with van der Waals surface area (Å²) in [5.41, 5.74) is 1.35. The van der Waals surface area contributed by atoms with Crippen molar-refractivity contribution in [3.63, 3.8) is 0 Å². The molecule has 0 unspecified atom stereocenters. The molecular formula is C21H27N7O4S. The van der Waals surface area contributed by atoms with E-state index >= 15 is 0 Å². The number of rotatable bonds is 7. The van der Waals surface area contributed by atoms with Crippen LogP contribution in [0.1, 0.15) is 6.92 Å². The molecule has 1 aliphatic heterocycles. The maximum atomic E-state index is 11.7. The Morgan fingerprint density at radius 2 is 1.82 bits per heavy atom. The van der Waals surface area contributed by atoms with Crippen LogP contribution in [0.4, 0.5) is 10.6 Å². The second-order valence-electron chi connectivity index (χ2n) is 7.95. The smallest absolute Gasteiger partial charge is 0.407 e. The minimum atomic E-state index is -3.27. The Balaban J connectivity index is 1.52. The van der Waals surface area contributed by atoms with Crippen LogP contribution in [0.5, 0.6) is 0 Å². The average Bonchev–Trinajstić information content (AvgIpc) is 3.24. The first-order chi connectivity index (χ1) is 15.8. The lowest BCUT2D eigenvalue weighted by molar-refractivity contribution is 0.106. The fourth-order valence-electron chi connectivity index (χ4n) is 3.95. The molecule has 3 aromatic rings. The van der Waals surface area contributed by atoms with E-state index in [1.807, 2.05) is 0 Å². The van der Waals surface area contributed by atoms with Crippen molar-refractivity contribution in [3.8, 4) is 5.69 Å². The molecule has 0 aliphatic carbocycles. The number of amides is 1. The van der Waals surface area contributed by atoms with Crippen LogP contribution in [0, 0.1) is 0 Å². The molecule has 0 atom stereocenters. The third-order valence-electron chi connectivity index (χ3n) is 5.86. The fraction of sp³-hybridized carbons (Fsp3) is 0.429. The Morgan fingerprint density at radius 3 is 2.42 bits per heavy atom. The molecule has 33 heavy (non-hydrogen) atoms. The second kappa shape index (κ2) is 9.32. The minimum absolute atomic E-state index is 0.249. The summed E-state index contributed by atoms with van der Waals surface area (Å²) in [6.45, 7) is 6.81. The van der Waals surface area contributed by atoms with Gasteiger partial charge >= 0.3 is 6.09 Å². The maximum Gasteiger partial charge on any atom is 0.407 e. The van der Waals surface area contributed by atoms with E-state index in [9.17, 15) is 13.2 Å². The Hall–Kier alpha value is -3.25. The monoisotopic (exact) mass is 473 g/mol. The van der Waals surface area contributed by atoms with Crippen LogP contribution in [-0.2, 0) is 9.84 Å². The molecule has 1 N–H and O–H groups in total. The summed E-state index contributed by atoms with van der Waals surface area (Å²) in [6.07, 6.45) is 3.55. The van der Waals surface area contributed by atoms with Crippen molar-refractivity contribution in [2.24, 2.45) is 0 Å². The van der Waals surface area contributed by atoms with Crippen LogP contribution in [0.3, 0.4) is 0 Å². The van der Waals surface area contributed by atoms with Gasteiger partial charge in [0.15, 0.2) is 15.5 Å². The predicted molar refractivity (Wildman–Crippen MR) is 124 cm³/mol. The highest BCUT2D eigenvalue weighted by atomic mass is 32.2. The van der Waals surface area contributed by atoms with E-state index in [1.54, 1.807) is 35.1 Å². The molecule has 4 rings (SSSR count). The van der Waals surface area contributed by atoms with Gasteiger partial charge in [-0.1, -0.05) is 0 Å². The van der Waals surface area contributed by atoms with Gasteiger partial charge in [0.1, 0.15) is 12.1 Å². The van der Waals surface area contributed by atoms with Crippen LogP contribution in [0.2, 0.25) is 0 Å². The van der Waals surface area contributed by atoms with E-state index in [0.29, 0.717) is 37.5 Å². The maximum absolute atomic E-state index is 11.7. The van der Waals surface area contributed by atoms with Crippen molar-refractivity contribution >= 4 is 32.8 Å². The highest BCUT2D eigenvalue weighted by molar-refractivity contribution is 7.90. The summed E-state index contributed by atoms with van der Waals surface area (Å²) in [7, 11) is -3.27. The van der Waals surface area contributed by atoms with E-state index in [1.165, 1.54) is 17.5 Å². The molecule has 0 saturated carbocycles. The fourth-order valence-corrected chi connectivity index (χ4v) is 4.58. The van der Waals surface area contributed by atoms with Crippen LogP contribution in [0.15, 0.2) is 41.7 Å². The number of carboxylic acid groups (broad SMARTS) is 1. The Morgan fingerprint density at radius 1 is 1.12 bits per heavy atom. The number of fused-ring (bicyclic) bond motifs is 1. The van der Waals surface area contributed by atoms with E-state index in [2.05, 4.69) is 31.8 Å². The van der Waals surface area contributed by atoms with Gasteiger partial charge in [0.25, 0.3) is 0 Å². The van der Waals surface area contributed by atoms with Gasteiger partial charge in [-0.2, -0.15) is 5.10 Å². The highest BCUT2D eigenvalue weighted by Crippen LogP contribution is 2.25. The Labute approximate surface area is 192 Å². The van der Waals surface area contributed by atoms with Gasteiger partial charge in [0.05, 0.1) is 22.2 Å². The number of sulfone groups is 1. The molecule has 3 heterocycles. The number of aromatic nitrogens is 4. The SMILES string of the molecule is CCN(CCN1CCN(C(=O)O)CC1)c1ncnc2c1cnn2-c1ccc(S(C)(=O)=O)cc1. The summed E-state index contributed by atoms with van der Waals surface area (Å²) < 4.78 is 25.1. The van der Waals surface area contributed by atoms with E-state index in [-0.39, 0.29) is 4.90 Å². The van der Waals surface area contributed by atoms with Gasteiger partial charge in [-0.3, -0.25) is 4.90 Å². The van der Waals surface area contributed by atoms with Crippen molar-refractivity contribution in [2.75, 3.05) is 57.0 Å². The number of benzene rings is 1. The van der Waals surface area contributed by atoms with Crippen LogP contribution in [0.25, 0.3) is 16.7 Å². The standard InChI is InChI=1S/C21H27N7O4S/c1-3-26(11-8-25-9-12-27(13-10-25)21(29)30)19-18-14-24-28(20(18)23-15-22-19)16-4-6-17(7-5-16)33(2,31)32/h4-7,14-15H,3,8-13H2,1-2H3,(H,29,30). The molecule has 176 valence electrons. The number of hydrogen-bond acceptors (Lipinski definition) is 8. The lowest BCUT2D eigenvalue weighted by atomic mass is 10.3. The summed E-state index contributed by atoms with van der Waals surface area (Å²) >= 11 is 0. The molecule has 0 spiro atoms. The molecule has 1 fully saturated rings. The van der Waals surface area contributed by atoms with Crippen LogP contribution >= 0.6 is 0 Å². The van der Waals surface area contributed by atoms with Gasteiger partial charge in [-0.25, -0.2) is 27.9 Å². The van der Waals surface area contributed by atoms with Crippen LogP contribution < -0.4 is 4.90 Å². The van der Waals surface area contributed by atoms with Gasteiger partial charge in [0.2, 0.25) is 0 Å². The molecule has 2 aromatic heterocycles. The number of hydrogen-bond donors (Lipinski definition) is 1. The summed E-state index contributed by atoms with van der Waals surface area (Å²) in [4.78, 5) is 26.1. The van der Waals surface area contributed by atoms with Gasteiger partial charge in [0, 0.05) is 52.1 Å². The van der Waals surface area contributed by atoms with Crippen molar-refractivity contribution < 1.29 is 18.3 Å². The third-order valence-corrected chi connectivity index (χ3v) is 6.99. The van der Waals surface area contributed by atoms with Crippen molar-refractivity contribution in [2.45, 2.75) is 11.8 Å². The molecule has 12 heteroatoms. The number of carbonyl (C=O) groups is 1. The number of piperazine rings is 1. The molecule has 0 bridgehead atoms. The number of anilines is 1. The van der Waals surface area contributed by atoms with Gasteiger partial charge in [-0.05, 0) is 31.2 Å². The summed E-state index contributed by atoms with van der Waals surface area (Å²) in [5, 5.41) is 14.4. The van der Waals surface area contributed by atoms with Crippen LogP contribution in [-0.4, -0.2) is 101 Å². The molecule has 1 aromatic carbocycles. The normalized spacial score (nSPS) is 15.2. The molecule has 1 amide bonds. The predicted octanol–water partition coefficient (Wildman–Crippen LogP) is 1.34. The van der Waals surface area contributed by atoms with E-state index in [4.69, 9.17) is 5.11 Å². The van der Waals surface area contributed by atoms with E-state index < -0.39 is 15.9 Å². The largest absolute Gasteiger partial charge is 0.465 e. The zero-order valence-corrected chi connectivity index (χ0v) is 19.4. The molecule has 11 nitrogen and oxygen atoms in total. The van der Waals surface area contributed by atoms with Crippen molar-refractivity contribution in [1.82, 2.24) is 29.5 Å². The zero-order valence-electron chi connectivity index (χ0n) is 18.6. The minimum Gasteiger partial charge on any atom is -0.465 e. The molecule has 0 radical (unpaired) electrons. The Bertz CT molecular complexity index is 1240. The van der Waals surface area contributed by atoms with E-state index in [0.717, 1.165) is 30.8 Å². The van der Waals surface area contributed by atoms with Crippen molar-refractivity contribution in [1.29, 1.82) is 0 Å². The lowest BCUT2D eigenvalue weighted by Crippen LogP contribution is -2.50. The Kier molecular flexibility index (Phi) is 6.47. The average molecular weight is 474 g/mol. The topological polar surface area (TPSA) is 125 Å². The van der Waals surface area contributed by atoms with Crippen molar-refractivity contribution in [3.05, 3.63) is 36.8 Å². The molecule has 1 saturated heterocycles. The highest BCUT2D eigenvalue weighted by Gasteiger charge is 2.21. The first kappa shape index (κ1) is 22.9. The zero-order chi connectivity index (χ0) is 23.6. The lowest BCUT2D eigenvalue weighted by Gasteiger charge is -2.34. The third kappa shape index (κ3) is 4.91.